The van der Waals surface area contributed by atoms with Gasteiger partial charge in [0.05, 0.1) is 65.2 Å². The highest BCUT2D eigenvalue weighted by atomic mass is 16.2. The predicted octanol–water partition coefficient (Wildman–Crippen LogP) is 3.17. The van der Waals surface area contributed by atoms with Gasteiger partial charge in [0, 0.05) is 30.5 Å². The standard InChI is InChI=1S/C26H26N8O2/c1-16-22(9-19(10-28-16)31-25(35)15-33-13-17-2-3-20(33)8-17)32-26(36)21-11-30-34-14-23(29-12-24(21)34)18-4-6-27-7-5-18/h4-7,9-12,14,17,20H,2-3,8,13,15H2,1H3,(H,31,35)(H,32,36). The lowest BCUT2D eigenvalue weighted by atomic mass is 10.1. The van der Waals surface area contributed by atoms with Gasteiger partial charge in [-0.1, -0.05) is 0 Å². The van der Waals surface area contributed by atoms with E-state index in [1.54, 1.807) is 48.5 Å². The van der Waals surface area contributed by atoms with Gasteiger partial charge in [0.25, 0.3) is 5.91 Å². The molecule has 1 saturated carbocycles. The summed E-state index contributed by atoms with van der Waals surface area (Å²) in [4.78, 5) is 40.9. The topological polar surface area (TPSA) is 117 Å². The van der Waals surface area contributed by atoms with Crippen LogP contribution in [0.25, 0.3) is 16.8 Å². The molecule has 2 N–H and O–H groups in total. The Labute approximate surface area is 207 Å². The predicted molar refractivity (Wildman–Crippen MR) is 134 cm³/mol. The van der Waals surface area contributed by atoms with E-state index in [1.807, 2.05) is 12.1 Å². The van der Waals surface area contributed by atoms with Crippen LogP contribution in [0.15, 0.2) is 55.4 Å². The maximum Gasteiger partial charge on any atom is 0.259 e. The van der Waals surface area contributed by atoms with Crippen molar-refractivity contribution in [1.29, 1.82) is 0 Å². The molecular weight excluding hydrogens is 456 g/mol. The molecule has 10 heteroatoms. The molecule has 6 rings (SSSR count). The molecule has 1 saturated heterocycles. The van der Waals surface area contributed by atoms with Gasteiger partial charge in [0.2, 0.25) is 5.91 Å². The molecule has 10 nitrogen and oxygen atoms in total. The second kappa shape index (κ2) is 9.12. The number of aryl methyl sites for hydroxylation is 1. The van der Waals surface area contributed by atoms with Crippen LogP contribution in [0, 0.1) is 12.8 Å². The number of pyridine rings is 2. The fourth-order valence-corrected chi connectivity index (χ4v) is 5.25. The molecule has 182 valence electrons. The first-order valence-corrected chi connectivity index (χ1v) is 12.1. The van der Waals surface area contributed by atoms with Crippen LogP contribution < -0.4 is 10.6 Å². The molecule has 2 aliphatic rings. The average Bonchev–Trinajstić information content (AvgIpc) is 3.62. The van der Waals surface area contributed by atoms with Gasteiger partial charge in [-0.2, -0.15) is 5.10 Å². The van der Waals surface area contributed by atoms with Crippen LogP contribution in [0.5, 0.6) is 0 Å². The van der Waals surface area contributed by atoms with Gasteiger partial charge in [0.15, 0.2) is 0 Å². The maximum absolute atomic E-state index is 13.1. The molecule has 2 fully saturated rings. The van der Waals surface area contributed by atoms with Gasteiger partial charge in [-0.25, -0.2) is 4.52 Å². The monoisotopic (exact) mass is 482 g/mol. The van der Waals surface area contributed by atoms with E-state index in [0.29, 0.717) is 40.7 Å². The Morgan fingerprint density at radius 1 is 1.08 bits per heavy atom. The van der Waals surface area contributed by atoms with E-state index in [4.69, 9.17) is 0 Å². The summed E-state index contributed by atoms with van der Waals surface area (Å²) in [5.74, 6) is 0.345. The molecule has 2 unspecified atom stereocenters. The molecule has 2 atom stereocenters. The third-order valence-corrected chi connectivity index (χ3v) is 7.11. The number of piperidine rings is 1. The summed E-state index contributed by atoms with van der Waals surface area (Å²) < 4.78 is 1.63. The van der Waals surface area contributed by atoms with E-state index in [1.165, 1.54) is 25.5 Å². The zero-order valence-electron chi connectivity index (χ0n) is 19.9. The normalized spacial score (nSPS) is 19.0. The number of nitrogens with zero attached hydrogens (tertiary/aromatic N) is 6. The van der Waals surface area contributed by atoms with Crippen molar-refractivity contribution in [2.75, 3.05) is 23.7 Å². The zero-order chi connectivity index (χ0) is 24.6. The van der Waals surface area contributed by atoms with Crippen LogP contribution in [0.1, 0.15) is 35.3 Å². The van der Waals surface area contributed by atoms with Crippen LogP contribution in [0.4, 0.5) is 11.4 Å². The van der Waals surface area contributed by atoms with Gasteiger partial charge in [-0.05, 0) is 50.3 Å². The van der Waals surface area contributed by atoms with E-state index >= 15 is 0 Å². The Bertz CT molecular complexity index is 1450. The lowest BCUT2D eigenvalue weighted by Crippen LogP contribution is -2.38. The first-order chi connectivity index (χ1) is 17.5. The van der Waals surface area contributed by atoms with Gasteiger partial charge < -0.3 is 10.6 Å². The van der Waals surface area contributed by atoms with Crippen molar-refractivity contribution < 1.29 is 9.59 Å². The number of anilines is 2. The summed E-state index contributed by atoms with van der Waals surface area (Å²) in [5.41, 5.74) is 4.33. The van der Waals surface area contributed by atoms with Gasteiger partial charge in [-0.15, -0.1) is 0 Å². The van der Waals surface area contributed by atoms with Gasteiger partial charge in [-0.3, -0.25) is 29.4 Å². The Kier molecular flexibility index (Phi) is 5.65. The second-order valence-electron chi connectivity index (χ2n) is 9.52. The number of rotatable bonds is 6. The lowest BCUT2D eigenvalue weighted by Gasteiger charge is -2.25. The van der Waals surface area contributed by atoms with Crippen molar-refractivity contribution in [2.24, 2.45) is 5.92 Å². The van der Waals surface area contributed by atoms with E-state index in [2.05, 4.69) is 35.6 Å². The molecule has 2 amide bonds. The van der Waals surface area contributed by atoms with Crippen molar-refractivity contribution >= 4 is 28.7 Å². The number of carbonyl (C=O) groups excluding carboxylic acids is 2. The molecule has 1 aliphatic heterocycles. The summed E-state index contributed by atoms with van der Waals surface area (Å²) in [6, 6.07) is 6.00. The first kappa shape index (κ1) is 22.3. The third-order valence-electron chi connectivity index (χ3n) is 7.11. The van der Waals surface area contributed by atoms with Crippen LogP contribution in [-0.4, -0.2) is 60.4 Å². The minimum absolute atomic E-state index is 0.0656. The van der Waals surface area contributed by atoms with E-state index in [-0.39, 0.29) is 11.8 Å². The lowest BCUT2D eigenvalue weighted by molar-refractivity contribution is -0.117. The Morgan fingerprint density at radius 2 is 1.94 bits per heavy atom. The largest absolute Gasteiger partial charge is 0.324 e. The highest BCUT2D eigenvalue weighted by Crippen LogP contribution is 2.37. The first-order valence-electron chi connectivity index (χ1n) is 12.1. The molecule has 0 radical (unpaired) electrons. The molecule has 1 aliphatic carbocycles. The van der Waals surface area contributed by atoms with Crippen molar-refractivity contribution in [3.63, 3.8) is 0 Å². The quantitative estimate of drug-likeness (QED) is 0.433. The van der Waals surface area contributed by atoms with Gasteiger partial charge >= 0.3 is 0 Å². The van der Waals surface area contributed by atoms with Crippen LogP contribution in [-0.2, 0) is 4.79 Å². The van der Waals surface area contributed by atoms with Crippen LogP contribution >= 0.6 is 0 Å². The van der Waals surface area contributed by atoms with E-state index in [0.717, 1.165) is 23.7 Å². The number of fused-ring (bicyclic) bond motifs is 3. The zero-order valence-corrected chi connectivity index (χ0v) is 19.9. The highest BCUT2D eigenvalue weighted by Gasteiger charge is 2.38. The number of hydrogen-bond acceptors (Lipinski definition) is 7. The fourth-order valence-electron chi connectivity index (χ4n) is 5.25. The van der Waals surface area contributed by atoms with Crippen molar-refractivity contribution in [1.82, 2.24) is 29.5 Å². The maximum atomic E-state index is 13.1. The Balaban J connectivity index is 1.16. The fraction of sp³-hybridized carbons (Fsp3) is 0.308. The molecule has 5 heterocycles. The number of amides is 2. The molecule has 4 aromatic heterocycles. The number of aromatic nitrogens is 5. The average molecular weight is 483 g/mol. The van der Waals surface area contributed by atoms with Crippen molar-refractivity contribution in [3.05, 3.63) is 66.6 Å². The van der Waals surface area contributed by atoms with E-state index < -0.39 is 0 Å². The van der Waals surface area contributed by atoms with Crippen molar-refractivity contribution in [2.45, 2.75) is 32.2 Å². The number of hydrogen-bond donors (Lipinski definition) is 2. The van der Waals surface area contributed by atoms with Crippen LogP contribution in [0.2, 0.25) is 0 Å². The Hall–Kier alpha value is -4.18. The molecule has 0 spiro atoms. The van der Waals surface area contributed by atoms with Crippen molar-refractivity contribution in [3.8, 4) is 11.3 Å². The number of nitrogens with one attached hydrogen (secondary N) is 2. The molecule has 2 bridgehead atoms. The summed E-state index contributed by atoms with van der Waals surface area (Å²) >= 11 is 0. The van der Waals surface area contributed by atoms with E-state index in [9.17, 15) is 9.59 Å². The molecule has 0 aromatic carbocycles. The summed E-state index contributed by atoms with van der Waals surface area (Å²) in [5, 5.41) is 10.2. The second-order valence-corrected chi connectivity index (χ2v) is 9.52. The molecule has 36 heavy (non-hydrogen) atoms. The summed E-state index contributed by atoms with van der Waals surface area (Å²) in [7, 11) is 0. The molecular formula is C26H26N8O2. The minimum atomic E-state index is -0.329. The van der Waals surface area contributed by atoms with Crippen LogP contribution in [0.3, 0.4) is 0 Å². The summed E-state index contributed by atoms with van der Waals surface area (Å²) in [6.45, 7) is 3.19. The number of carbonyl (C=O) groups is 2. The smallest absolute Gasteiger partial charge is 0.259 e. The molecule has 4 aromatic rings. The highest BCUT2D eigenvalue weighted by molar-refractivity contribution is 6.09. The Morgan fingerprint density at radius 3 is 2.72 bits per heavy atom. The minimum Gasteiger partial charge on any atom is -0.324 e. The number of likely N-dealkylation sites (tertiary alicyclic amines) is 1. The van der Waals surface area contributed by atoms with Gasteiger partial charge in [0.1, 0.15) is 0 Å². The third kappa shape index (κ3) is 4.31. The SMILES string of the molecule is Cc1ncc(NC(=O)CN2CC3CCC2C3)cc1NC(=O)c1cnn2cc(-c3ccncc3)ncc12. The summed E-state index contributed by atoms with van der Waals surface area (Å²) in [6.07, 6.45) is 13.6.